The van der Waals surface area contributed by atoms with E-state index in [1.165, 1.54) is 0 Å². The summed E-state index contributed by atoms with van der Waals surface area (Å²) in [5.41, 5.74) is 4.03. The monoisotopic (exact) mass is 453 g/mol. The number of carbonyl (C=O) groups excluding carboxylic acids is 1. The standard InChI is InChI=1S/C25H28ClN3O3/c1-4-6-11-29-24(16-7-9-17(10-8-16)32-12-5-2)21-22(27-28-23(21)25(29)31)18-14-19(26)15(3)13-20(18)30/h7-10,13-14,24,30H,4-6,11-12H2,1-3H3,(H,27,28). The molecule has 1 aromatic heterocycles. The Balaban J connectivity index is 1.81. The zero-order chi connectivity index (χ0) is 22.8. The lowest BCUT2D eigenvalue weighted by atomic mass is 9.95. The van der Waals surface area contributed by atoms with Gasteiger partial charge in [0, 0.05) is 22.7 Å². The van der Waals surface area contributed by atoms with Gasteiger partial charge >= 0.3 is 0 Å². The van der Waals surface area contributed by atoms with Gasteiger partial charge in [0.25, 0.3) is 5.91 Å². The number of nitrogens with one attached hydrogen (secondary N) is 1. The zero-order valence-electron chi connectivity index (χ0n) is 18.6. The van der Waals surface area contributed by atoms with Crippen LogP contribution in [0.3, 0.4) is 0 Å². The Morgan fingerprint density at radius 3 is 2.62 bits per heavy atom. The number of carbonyl (C=O) groups is 1. The zero-order valence-corrected chi connectivity index (χ0v) is 19.4. The summed E-state index contributed by atoms with van der Waals surface area (Å²) in [5, 5.41) is 18.5. The van der Waals surface area contributed by atoms with Crippen LogP contribution in [-0.4, -0.2) is 39.3 Å². The number of aryl methyl sites for hydroxylation is 1. The molecule has 32 heavy (non-hydrogen) atoms. The van der Waals surface area contributed by atoms with E-state index < -0.39 is 0 Å². The highest BCUT2D eigenvalue weighted by Crippen LogP contribution is 2.45. The van der Waals surface area contributed by atoms with E-state index >= 15 is 0 Å². The summed E-state index contributed by atoms with van der Waals surface area (Å²) in [6, 6.07) is 10.9. The molecule has 3 aromatic rings. The van der Waals surface area contributed by atoms with E-state index in [1.54, 1.807) is 12.1 Å². The number of phenolic OH excluding ortho intramolecular Hbond substituents is 1. The van der Waals surface area contributed by atoms with Gasteiger partial charge in [0.1, 0.15) is 22.9 Å². The molecule has 1 aliphatic heterocycles. The maximum Gasteiger partial charge on any atom is 0.273 e. The number of unbranched alkanes of at least 4 members (excludes halogenated alkanes) is 1. The highest BCUT2D eigenvalue weighted by Gasteiger charge is 2.42. The first-order valence-electron chi connectivity index (χ1n) is 11.1. The van der Waals surface area contributed by atoms with Gasteiger partial charge in [0.15, 0.2) is 0 Å². The van der Waals surface area contributed by atoms with Crippen molar-refractivity contribution < 1.29 is 14.6 Å². The highest BCUT2D eigenvalue weighted by molar-refractivity contribution is 6.31. The fourth-order valence-electron chi connectivity index (χ4n) is 4.13. The molecule has 6 nitrogen and oxygen atoms in total. The van der Waals surface area contributed by atoms with Crippen molar-refractivity contribution in [1.82, 2.24) is 15.1 Å². The molecule has 0 saturated carbocycles. The number of hydrogen-bond donors (Lipinski definition) is 2. The van der Waals surface area contributed by atoms with E-state index in [4.69, 9.17) is 16.3 Å². The molecule has 1 amide bonds. The summed E-state index contributed by atoms with van der Waals surface area (Å²) in [4.78, 5) is 15.2. The molecule has 0 aliphatic carbocycles. The number of aromatic nitrogens is 2. The average Bonchev–Trinajstić information content (AvgIpc) is 3.32. The fourth-order valence-corrected chi connectivity index (χ4v) is 4.29. The normalized spacial score (nSPS) is 15.3. The second-order valence-corrected chi connectivity index (χ2v) is 8.56. The van der Waals surface area contributed by atoms with Gasteiger partial charge in [0.2, 0.25) is 0 Å². The molecular weight excluding hydrogens is 426 g/mol. The van der Waals surface area contributed by atoms with Crippen molar-refractivity contribution in [2.24, 2.45) is 0 Å². The first-order chi connectivity index (χ1) is 15.5. The van der Waals surface area contributed by atoms with Crippen LogP contribution < -0.4 is 4.74 Å². The van der Waals surface area contributed by atoms with Crippen molar-refractivity contribution in [3.63, 3.8) is 0 Å². The maximum absolute atomic E-state index is 13.3. The number of amides is 1. The molecule has 0 bridgehead atoms. The minimum Gasteiger partial charge on any atom is -0.507 e. The van der Waals surface area contributed by atoms with Gasteiger partial charge in [-0.3, -0.25) is 9.89 Å². The molecule has 0 spiro atoms. The first kappa shape index (κ1) is 22.2. The molecule has 2 heterocycles. The largest absolute Gasteiger partial charge is 0.507 e. The number of nitrogens with zero attached hydrogens (tertiary/aromatic N) is 2. The minimum atomic E-state index is -0.308. The Kier molecular flexibility index (Phi) is 6.42. The van der Waals surface area contributed by atoms with Gasteiger partial charge in [-0.05, 0) is 55.2 Å². The predicted molar refractivity (Wildman–Crippen MR) is 125 cm³/mol. The van der Waals surface area contributed by atoms with E-state index in [0.717, 1.165) is 41.7 Å². The number of rotatable bonds is 8. The van der Waals surface area contributed by atoms with Crippen molar-refractivity contribution in [3.8, 4) is 22.8 Å². The average molecular weight is 454 g/mol. The molecule has 2 aromatic carbocycles. The number of fused-ring (bicyclic) bond motifs is 1. The number of ether oxygens (including phenoxy) is 1. The lowest BCUT2D eigenvalue weighted by molar-refractivity contribution is 0.0741. The van der Waals surface area contributed by atoms with Crippen LogP contribution in [0.25, 0.3) is 11.3 Å². The quantitative estimate of drug-likeness (QED) is 0.446. The summed E-state index contributed by atoms with van der Waals surface area (Å²) in [6.07, 6.45) is 2.82. The minimum absolute atomic E-state index is 0.0822. The smallest absolute Gasteiger partial charge is 0.273 e. The van der Waals surface area contributed by atoms with Crippen molar-refractivity contribution in [2.45, 2.75) is 46.1 Å². The van der Waals surface area contributed by atoms with E-state index in [-0.39, 0.29) is 17.7 Å². The third-order valence-electron chi connectivity index (χ3n) is 5.82. The van der Waals surface area contributed by atoms with Gasteiger partial charge in [-0.1, -0.05) is 44.0 Å². The molecule has 0 fully saturated rings. The van der Waals surface area contributed by atoms with E-state index in [1.807, 2.05) is 36.1 Å². The second kappa shape index (κ2) is 9.25. The number of aromatic hydroxyl groups is 1. The molecule has 1 atom stereocenters. The maximum atomic E-state index is 13.3. The number of hydrogen-bond acceptors (Lipinski definition) is 4. The van der Waals surface area contributed by atoms with Crippen LogP contribution in [0.15, 0.2) is 36.4 Å². The molecule has 0 radical (unpaired) electrons. The van der Waals surface area contributed by atoms with Crippen molar-refractivity contribution in [3.05, 3.63) is 63.8 Å². The van der Waals surface area contributed by atoms with Gasteiger partial charge in [-0.25, -0.2) is 0 Å². The van der Waals surface area contributed by atoms with Crippen LogP contribution in [0.5, 0.6) is 11.5 Å². The molecule has 1 aliphatic rings. The van der Waals surface area contributed by atoms with Crippen LogP contribution in [0.2, 0.25) is 5.02 Å². The number of phenols is 1. The van der Waals surface area contributed by atoms with Crippen molar-refractivity contribution >= 4 is 17.5 Å². The summed E-state index contributed by atoms with van der Waals surface area (Å²) >= 11 is 6.35. The summed E-state index contributed by atoms with van der Waals surface area (Å²) < 4.78 is 5.73. The fraction of sp³-hybridized carbons (Fsp3) is 0.360. The van der Waals surface area contributed by atoms with E-state index in [0.29, 0.717) is 35.1 Å². The topological polar surface area (TPSA) is 78.5 Å². The van der Waals surface area contributed by atoms with Gasteiger partial charge < -0.3 is 14.7 Å². The van der Waals surface area contributed by atoms with Crippen molar-refractivity contribution in [2.75, 3.05) is 13.2 Å². The van der Waals surface area contributed by atoms with Crippen LogP contribution in [0.4, 0.5) is 0 Å². The molecular formula is C25H28ClN3O3. The van der Waals surface area contributed by atoms with E-state index in [9.17, 15) is 9.90 Å². The Labute approximate surface area is 193 Å². The third-order valence-corrected chi connectivity index (χ3v) is 6.22. The number of H-pyrrole nitrogens is 1. The molecule has 2 N–H and O–H groups in total. The summed E-state index contributed by atoms with van der Waals surface area (Å²) in [6.45, 7) is 7.30. The molecule has 7 heteroatoms. The van der Waals surface area contributed by atoms with Gasteiger partial charge in [0.05, 0.1) is 12.6 Å². The Hall–Kier alpha value is -2.99. The lowest BCUT2D eigenvalue weighted by Gasteiger charge is -2.26. The van der Waals surface area contributed by atoms with Gasteiger partial charge in [-0.15, -0.1) is 0 Å². The highest BCUT2D eigenvalue weighted by atomic mass is 35.5. The number of benzene rings is 2. The number of halogens is 1. The second-order valence-electron chi connectivity index (χ2n) is 8.15. The molecule has 0 saturated heterocycles. The number of aromatic amines is 1. The molecule has 168 valence electrons. The molecule has 1 unspecified atom stereocenters. The summed E-state index contributed by atoms with van der Waals surface area (Å²) in [7, 11) is 0. The first-order valence-corrected chi connectivity index (χ1v) is 11.5. The molecule has 4 rings (SSSR count). The van der Waals surface area contributed by atoms with Gasteiger partial charge in [-0.2, -0.15) is 5.10 Å². The predicted octanol–water partition coefficient (Wildman–Crippen LogP) is 5.88. The van der Waals surface area contributed by atoms with Crippen LogP contribution in [0, 0.1) is 6.92 Å². The Bertz CT molecular complexity index is 1120. The van der Waals surface area contributed by atoms with Crippen LogP contribution in [-0.2, 0) is 0 Å². The summed E-state index contributed by atoms with van der Waals surface area (Å²) in [5.74, 6) is 0.805. The van der Waals surface area contributed by atoms with Crippen LogP contribution >= 0.6 is 11.6 Å². The van der Waals surface area contributed by atoms with E-state index in [2.05, 4.69) is 24.0 Å². The Morgan fingerprint density at radius 1 is 1.19 bits per heavy atom. The van der Waals surface area contributed by atoms with Crippen LogP contribution in [0.1, 0.15) is 66.3 Å². The Morgan fingerprint density at radius 2 is 1.94 bits per heavy atom. The third kappa shape index (κ3) is 3.95. The lowest BCUT2D eigenvalue weighted by Crippen LogP contribution is -2.30. The SMILES string of the molecule is CCCCN1C(=O)c2[nH]nc(-c3cc(Cl)c(C)cc3O)c2C1c1ccc(OCCC)cc1. The van der Waals surface area contributed by atoms with Crippen molar-refractivity contribution in [1.29, 1.82) is 0 Å².